The largest absolute Gasteiger partial charge is 0.304 e. The van der Waals surface area contributed by atoms with E-state index < -0.39 is 0 Å². The fourth-order valence-corrected chi connectivity index (χ4v) is 3.10. The Bertz CT molecular complexity index is 918. The summed E-state index contributed by atoms with van der Waals surface area (Å²) in [6, 6.07) is 5.30. The van der Waals surface area contributed by atoms with E-state index in [-0.39, 0.29) is 17.9 Å². The number of halogens is 1. The van der Waals surface area contributed by atoms with Crippen LogP contribution in [-0.2, 0) is 0 Å². The van der Waals surface area contributed by atoms with Crippen molar-refractivity contribution < 1.29 is 4.39 Å². The Hall–Kier alpha value is -2.60. The maximum atomic E-state index is 14.6. The molecule has 3 rings (SSSR count). The molecule has 2 aromatic heterocycles. The quantitative estimate of drug-likeness (QED) is 0.749. The summed E-state index contributed by atoms with van der Waals surface area (Å²) in [7, 11) is 0. The lowest BCUT2D eigenvalue weighted by Gasteiger charge is -2.22. The molecule has 0 amide bonds. The monoisotopic (exact) mass is 353 g/mol. The van der Waals surface area contributed by atoms with E-state index in [2.05, 4.69) is 27.3 Å². The van der Waals surface area contributed by atoms with Gasteiger partial charge in [0.05, 0.1) is 6.20 Å². The van der Waals surface area contributed by atoms with Crippen LogP contribution in [0.5, 0.6) is 0 Å². The summed E-state index contributed by atoms with van der Waals surface area (Å²) in [6.07, 6.45) is 5.37. The molecule has 0 fully saturated rings. The van der Waals surface area contributed by atoms with Crippen LogP contribution in [0.15, 0.2) is 36.8 Å². The van der Waals surface area contributed by atoms with Gasteiger partial charge in [-0.15, -0.1) is 0 Å². The molecule has 0 spiro atoms. The standard InChI is InChI=1S/C20H24FN5/c1-12-9-23-26(11-12)20-7-6-17(8-19(20)21)13(2)24-14(3)18-10-22-16(5)25-15(18)4/h6-11,13-14,24H,1-5H3/t13-,14+/m1/s1. The number of hydrogen-bond donors (Lipinski definition) is 1. The lowest BCUT2D eigenvalue weighted by molar-refractivity contribution is 0.487. The number of aryl methyl sites for hydroxylation is 3. The van der Waals surface area contributed by atoms with Gasteiger partial charge in [0.25, 0.3) is 0 Å². The first kappa shape index (κ1) is 18.2. The molecule has 0 aliphatic carbocycles. The molecule has 0 saturated carbocycles. The molecule has 3 aromatic rings. The average molecular weight is 353 g/mol. The topological polar surface area (TPSA) is 55.6 Å². The van der Waals surface area contributed by atoms with Gasteiger partial charge in [-0.25, -0.2) is 19.0 Å². The third-order valence-corrected chi connectivity index (χ3v) is 4.53. The van der Waals surface area contributed by atoms with Crippen LogP contribution in [0.25, 0.3) is 5.69 Å². The van der Waals surface area contributed by atoms with Crippen molar-refractivity contribution in [2.24, 2.45) is 0 Å². The zero-order valence-corrected chi connectivity index (χ0v) is 15.8. The van der Waals surface area contributed by atoms with Gasteiger partial charge < -0.3 is 5.32 Å². The van der Waals surface area contributed by atoms with Crippen LogP contribution < -0.4 is 5.32 Å². The van der Waals surface area contributed by atoms with Crippen molar-refractivity contribution in [3.63, 3.8) is 0 Å². The maximum Gasteiger partial charge on any atom is 0.149 e. The van der Waals surface area contributed by atoms with E-state index in [9.17, 15) is 4.39 Å². The second-order valence-electron chi connectivity index (χ2n) is 6.74. The van der Waals surface area contributed by atoms with Crippen LogP contribution in [0.3, 0.4) is 0 Å². The van der Waals surface area contributed by atoms with Crippen molar-refractivity contribution >= 4 is 0 Å². The predicted molar refractivity (Wildman–Crippen MR) is 99.7 cm³/mol. The summed E-state index contributed by atoms with van der Waals surface area (Å²) in [5, 5.41) is 7.67. The van der Waals surface area contributed by atoms with Crippen molar-refractivity contribution in [2.45, 2.75) is 46.7 Å². The minimum Gasteiger partial charge on any atom is -0.304 e. The minimum absolute atomic E-state index is 0.0198. The lowest BCUT2D eigenvalue weighted by atomic mass is 10.0. The number of nitrogens with zero attached hydrogens (tertiary/aromatic N) is 4. The number of rotatable bonds is 5. The van der Waals surface area contributed by atoms with E-state index in [0.717, 1.165) is 28.2 Å². The molecule has 0 unspecified atom stereocenters. The molecule has 1 N–H and O–H groups in total. The molecule has 2 atom stereocenters. The zero-order valence-electron chi connectivity index (χ0n) is 15.8. The van der Waals surface area contributed by atoms with Crippen LogP contribution in [-0.4, -0.2) is 19.7 Å². The van der Waals surface area contributed by atoms with Crippen molar-refractivity contribution in [1.82, 2.24) is 25.1 Å². The highest BCUT2D eigenvalue weighted by Crippen LogP contribution is 2.23. The minimum atomic E-state index is -0.290. The molecule has 0 saturated heterocycles. The molecule has 0 radical (unpaired) electrons. The van der Waals surface area contributed by atoms with Gasteiger partial charge >= 0.3 is 0 Å². The first-order chi connectivity index (χ1) is 12.3. The molecular formula is C20H24FN5. The second kappa shape index (κ2) is 7.33. The van der Waals surface area contributed by atoms with Crippen molar-refractivity contribution in [3.05, 3.63) is 70.8 Å². The van der Waals surface area contributed by atoms with E-state index in [4.69, 9.17) is 0 Å². The molecule has 5 nitrogen and oxygen atoms in total. The van der Waals surface area contributed by atoms with E-state index >= 15 is 0 Å². The Morgan fingerprint density at radius 2 is 1.85 bits per heavy atom. The average Bonchev–Trinajstić information content (AvgIpc) is 3.00. The van der Waals surface area contributed by atoms with Gasteiger partial charge in [-0.1, -0.05) is 6.07 Å². The van der Waals surface area contributed by atoms with Gasteiger partial charge in [-0.05, 0) is 57.9 Å². The Balaban J connectivity index is 1.77. The zero-order chi connectivity index (χ0) is 18.8. The van der Waals surface area contributed by atoms with Crippen LogP contribution in [0, 0.1) is 26.6 Å². The van der Waals surface area contributed by atoms with Crippen LogP contribution in [0.2, 0.25) is 0 Å². The fraction of sp³-hybridized carbons (Fsp3) is 0.350. The third kappa shape index (κ3) is 3.80. The highest BCUT2D eigenvalue weighted by molar-refractivity contribution is 5.37. The maximum absolute atomic E-state index is 14.6. The van der Waals surface area contributed by atoms with Crippen LogP contribution in [0.4, 0.5) is 4.39 Å². The van der Waals surface area contributed by atoms with E-state index in [0.29, 0.717) is 5.69 Å². The molecule has 0 aliphatic rings. The first-order valence-electron chi connectivity index (χ1n) is 8.72. The number of benzene rings is 1. The Labute approximate surface area is 153 Å². The molecule has 6 heteroatoms. The van der Waals surface area contributed by atoms with Gasteiger partial charge in [-0.2, -0.15) is 5.10 Å². The molecule has 26 heavy (non-hydrogen) atoms. The second-order valence-corrected chi connectivity index (χ2v) is 6.74. The number of aromatic nitrogens is 4. The van der Waals surface area contributed by atoms with Gasteiger partial charge in [0.15, 0.2) is 0 Å². The smallest absolute Gasteiger partial charge is 0.149 e. The van der Waals surface area contributed by atoms with Crippen LogP contribution >= 0.6 is 0 Å². The third-order valence-electron chi connectivity index (χ3n) is 4.53. The lowest BCUT2D eigenvalue weighted by Crippen LogP contribution is -2.24. The molecule has 1 aromatic carbocycles. The highest BCUT2D eigenvalue weighted by Gasteiger charge is 2.16. The molecule has 136 valence electrons. The van der Waals surface area contributed by atoms with Gasteiger partial charge in [0.1, 0.15) is 17.3 Å². The SMILES string of the molecule is Cc1cnn(-c2ccc([C@@H](C)N[C@@H](C)c3cnc(C)nc3C)cc2F)c1. The van der Waals surface area contributed by atoms with Crippen molar-refractivity contribution in [3.8, 4) is 5.69 Å². The summed E-state index contributed by atoms with van der Waals surface area (Å²) in [5.74, 6) is 0.472. The van der Waals surface area contributed by atoms with Crippen molar-refractivity contribution in [2.75, 3.05) is 0 Å². The number of hydrogen-bond acceptors (Lipinski definition) is 4. The summed E-state index contributed by atoms with van der Waals surface area (Å²) < 4.78 is 16.1. The first-order valence-corrected chi connectivity index (χ1v) is 8.72. The summed E-state index contributed by atoms with van der Waals surface area (Å²) in [5.41, 5.74) is 4.33. The normalized spacial score (nSPS) is 13.6. The Morgan fingerprint density at radius 3 is 2.46 bits per heavy atom. The predicted octanol–water partition coefficient (Wildman–Crippen LogP) is 4.14. The van der Waals surface area contributed by atoms with E-state index in [1.54, 1.807) is 23.0 Å². The summed E-state index contributed by atoms with van der Waals surface area (Å²) in [6.45, 7) is 9.87. The van der Waals surface area contributed by atoms with Crippen LogP contribution in [0.1, 0.15) is 54.1 Å². The van der Waals surface area contributed by atoms with Gasteiger partial charge in [0, 0.05) is 35.7 Å². The fourth-order valence-electron chi connectivity index (χ4n) is 3.10. The highest BCUT2D eigenvalue weighted by atomic mass is 19.1. The summed E-state index contributed by atoms with van der Waals surface area (Å²) >= 11 is 0. The Kier molecular flexibility index (Phi) is 5.13. The van der Waals surface area contributed by atoms with E-state index in [1.807, 2.05) is 46.2 Å². The Morgan fingerprint density at radius 1 is 1.08 bits per heavy atom. The summed E-state index contributed by atoms with van der Waals surface area (Å²) in [4.78, 5) is 8.70. The number of nitrogens with one attached hydrogen (secondary N) is 1. The molecule has 0 bridgehead atoms. The molecule has 0 aliphatic heterocycles. The molecule has 2 heterocycles. The van der Waals surface area contributed by atoms with E-state index in [1.165, 1.54) is 0 Å². The van der Waals surface area contributed by atoms with Gasteiger partial charge in [0.2, 0.25) is 0 Å². The molecular weight excluding hydrogens is 329 g/mol. The van der Waals surface area contributed by atoms with Crippen molar-refractivity contribution in [1.29, 1.82) is 0 Å². The van der Waals surface area contributed by atoms with Gasteiger partial charge in [-0.3, -0.25) is 0 Å².